The first kappa shape index (κ1) is 50.4. The smallest absolute Gasteiger partial charge is 0.0594 e. The molecule has 0 aromatic carbocycles. The van der Waals surface area contributed by atoms with Crippen LogP contribution in [0.4, 0.5) is 0 Å². The molecule has 0 unspecified atom stereocenters. The monoisotopic (exact) mass is 722 g/mol. The maximum atomic E-state index is 2.35. The summed E-state index contributed by atoms with van der Waals surface area (Å²) in [5, 5.41) is 0. The predicted molar refractivity (Wildman–Crippen MR) is 238 cm³/mol. The van der Waals surface area contributed by atoms with Crippen LogP contribution >= 0.6 is 7.26 Å². The van der Waals surface area contributed by atoms with E-state index < -0.39 is 7.26 Å². The Balaban J connectivity index is 4.84. The van der Waals surface area contributed by atoms with Gasteiger partial charge in [0.2, 0.25) is 0 Å². The Morgan fingerprint density at radius 3 is 0.420 bits per heavy atom. The summed E-state index contributed by atoms with van der Waals surface area (Å²) in [6.07, 6.45) is 67.7. The zero-order chi connectivity index (χ0) is 36.3. The van der Waals surface area contributed by atoms with Gasteiger partial charge in [-0.15, -0.1) is 0 Å². The van der Waals surface area contributed by atoms with Gasteiger partial charge in [-0.1, -0.05) is 240 Å². The lowest BCUT2D eigenvalue weighted by atomic mass is 10.1. The van der Waals surface area contributed by atoms with Crippen LogP contribution in [0.2, 0.25) is 0 Å². The Kier molecular flexibility index (Phi) is 44.2. The highest BCUT2D eigenvalue weighted by atomic mass is 31.2. The van der Waals surface area contributed by atoms with Crippen molar-refractivity contribution in [2.75, 3.05) is 24.6 Å². The zero-order valence-corrected chi connectivity index (χ0v) is 37.2. The van der Waals surface area contributed by atoms with Gasteiger partial charge in [-0.2, -0.15) is 0 Å². The fourth-order valence-corrected chi connectivity index (χ4v) is 13.5. The van der Waals surface area contributed by atoms with E-state index in [2.05, 4.69) is 27.7 Å². The minimum Gasteiger partial charge on any atom is -0.0654 e. The summed E-state index contributed by atoms with van der Waals surface area (Å²) in [6.45, 7) is 9.36. The second kappa shape index (κ2) is 43.8. The van der Waals surface area contributed by atoms with Crippen molar-refractivity contribution in [3.8, 4) is 0 Å². The molecule has 0 amide bonds. The Morgan fingerprint density at radius 1 is 0.160 bits per heavy atom. The molecule has 0 heterocycles. The van der Waals surface area contributed by atoms with Gasteiger partial charge in [-0.25, -0.2) is 0 Å². The van der Waals surface area contributed by atoms with Crippen LogP contribution in [-0.2, 0) is 0 Å². The average molecular weight is 722 g/mol. The molecule has 0 atom stereocenters. The molecule has 0 saturated carbocycles. The maximum Gasteiger partial charge on any atom is 0.0594 e. The molecule has 302 valence electrons. The summed E-state index contributed by atoms with van der Waals surface area (Å²) in [7, 11) is -0.794. The third kappa shape index (κ3) is 38.2. The lowest BCUT2D eigenvalue weighted by Crippen LogP contribution is -2.13. The van der Waals surface area contributed by atoms with E-state index in [0.29, 0.717) is 0 Å². The molecule has 0 bridgehead atoms. The minimum absolute atomic E-state index is 0.794. The Bertz CT molecular complexity index is 519. The third-order valence-electron chi connectivity index (χ3n) is 12.2. The average Bonchev–Trinajstić information content (AvgIpc) is 3.13. The summed E-state index contributed by atoms with van der Waals surface area (Å²) < 4.78 is 0. The molecule has 50 heavy (non-hydrogen) atoms. The molecule has 0 saturated heterocycles. The van der Waals surface area contributed by atoms with Gasteiger partial charge in [-0.3, -0.25) is 0 Å². The van der Waals surface area contributed by atoms with Crippen LogP contribution in [0.25, 0.3) is 0 Å². The van der Waals surface area contributed by atoms with Crippen molar-refractivity contribution in [1.29, 1.82) is 0 Å². The van der Waals surface area contributed by atoms with Crippen molar-refractivity contribution in [3.05, 3.63) is 0 Å². The van der Waals surface area contributed by atoms with E-state index in [0.717, 1.165) is 0 Å². The second-order valence-corrected chi connectivity index (χ2v) is 21.8. The van der Waals surface area contributed by atoms with E-state index in [-0.39, 0.29) is 0 Å². The second-order valence-electron chi connectivity index (χ2n) is 17.3. The van der Waals surface area contributed by atoms with Crippen LogP contribution in [0, 0.1) is 0 Å². The van der Waals surface area contributed by atoms with Crippen LogP contribution in [0.5, 0.6) is 0 Å². The zero-order valence-electron chi connectivity index (χ0n) is 36.3. The van der Waals surface area contributed by atoms with Gasteiger partial charge >= 0.3 is 0 Å². The highest BCUT2D eigenvalue weighted by Gasteiger charge is 2.35. The number of unbranched alkanes of at least 4 members (excludes halogenated alkanes) is 37. The van der Waals surface area contributed by atoms with Crippen LogP contribution in [0.3, 0.4) is 0 Å². The van der Waals surface area contributed by atoms with E-state index in [9.17, 15) is 0 Å². The fraction of sp³-hybridized carbons (Fsp3) is 1.00. The molecule has 1 heteroatoms. The lowest BCUT2D eigenvalue weighted by molar-refractivity contribution is 0.551. The van der Waals surface area contributed by atoms with Crippen molar-refractivity contribution in [1.82, 2.24) is 0 Å². The Morgan fingerprint density at radius 2 is 0.280 bits per heavy atom. The molecule has 0 aliphatic rings. The summed E-state index contributed by atoms with van der Waals surface area (Å²) in [5.41, 5.74) is 0. The van der Waals surface area contributed by atoms with Gasteiger partial charge in [0.05, 0.1) is 24.6 Å². The van der Waals surface area contributed by atoms with Gasteiger partial charge in [0, 0.05) is 7.26 Å². The number of hydrogen-bond donors (Lipinski definition) is 0. The van der Waals surface area contributed by atoms with Crippen molar-refractivity contribution in [3.63, 3.8) is 0 Å². The van der Waals surface area contributed by atoms with Crippen LogP contribution < -0.4 is 0 Å². The number of hydrogen-bond acceptors (Lipinski definition) is 0. The van der Waals surface area contributed by atoms with Gasteiger partial charge in [0.15, 0.2) is 0 Å². The van der Waals surface area contributed by atoms with Crippen molar-refractivity contribution >= 4 is 7.26 Å². The molecule has 0 aliphatic carbocycles. The molecule has 0 nitrogen and oxygen atoms in total. The van der Waals surface area contributed by atoms with Crippen molar-refractivity contribution < 1.29 is 0 Å². The van der Waals surface area contributed by atoms with Gasteiger partial charge in [0.25, 0.3) is 0 Å². The molecular formula is C49H102P+. The van der Waals surface area contributed by atoms with Crippen molar-refractivity contribution in [2.24, 2.45) is 0 Å². The van der Waals surface area contributed by atoms with Gasteiger partial charge in [0.1, 0.15) is 0 Å². The SMILES string of the molecule is CCCCCCCCCCCCC[P+](CCCCCCCCCC)(CCCCCCCCCCCCC)CCCCCCCCCCCCC. The van der Waals surface area contributed by atoms with Crippen molar-refractivity contribution in [2.45, 2.75) is 291 Å². The summed E-state index contributed by atoms with van der Waals surface area (Å²) in [5.74, 6) is 0. The van der Waals surface area contributed by atoms with E-state index in [1.54, 1.807) is 50.3 Å². The van der Waals surface area contributed by atoms with Crippen LogP contribution in [-0.4, -0.2) is 24.6 Å². The predicted octanol–water partition coefficient (Wildman–Crippen LogP) is 19.1. The summed E-state index contributed by atoms with van der Waals surface area (Å²) >= 11 is 0. The van der Waals surface area contributed by atoms with Crippen LogP contribution in [0.1, 0.15) is 291 Å². The Labute approximate surface area is 321 Å². The topological polar surface area (TPSA) is 0 Å². The van der Waals surface area contributed by atoms with E-state index in [1.165, 1.54) is 238 Å². The Hall–Kier alpha value is 0.430. The standard InChI is InChI=1S/C49H102P/c1-5-9-13-17-21-25-28-31-35-39-43-47-50(46-42-38-34-24-20-16-12-8-4,48-44-40-36-32-29-26-22-18-14-10-6-2)49-45-41-37-33-30-27-23-19-15-11-7-3/h5-49H2,1-4H3/q+1. The fourth-order valence-electron chi connectivity index (χ4n) is 8.59. The van der Waals surface area contributed by atoms with Crippen LogP contribution in [0.15, 0.2) is 0 Å². The number of rotatable bonds is 45. The highest BCUT2D eigenvalue weighted by molar-refractivity contribution is 7.75. The molecule has 0 aliphatic heterocycles. The van der Waals surface area contributed by atoms with E-state index in [4.69, 9.17) is 0 Å². The molecule has 0 rings (SSSR count). The summed E-state index contributed by atoms with van der Waals surface area (Å²) in [4.78, 5) is 0. The highest BCUT2D eigenvalue weighted by Crippen LogP contribution is 2.61. The molecule has 0 aromatic heterocycles. The maximum absolute atomic E-state index is 2.35. The molecule has 0 spiro atoms. The minimum atomic E-state index is -0.794. The first-order valence-corrected chi connectivity index (χ1v) is 27.1. The first-order chi connectivity index (χ1) is 24.7. The van der Waals surface area contributed by atoms with Gasteiger partial charge < -0.3 is 0 Å². The largest absolute Gasteiger partial charge is 0.0654 e. The molecule has 0 N–H and O–H groups in total. The summed E-state index contributed by atoms with van der Waals surface area (Å²) in [6, 6.07) is 0. The lowest BCUT2D eigenvalue weighted by Gasteiger charge is -2.28. The first-order valence-electron chi connectivity index (χ1n) is 24.6. The van der Waals surface area contributed by atoms with Gasteiger partial charge in [-0.05, 0) is 51.4 Å². The third-order valence-corrected chi connectivity index (χ3v) is 17.3. The normalized spacial score (nSPS) is 12.0. The van der Waals surface area contributed by atoms with E-state index >= 15 is 0 Å². The quantitative estimate of drug-likeness (QED) is 0.0434. The molecule has 0 fully saturated rings. The molecular weight excluding hydrogens is 620 g/mol. The molecule has 0 radical (unpaired) electrons. The molecule has 0 aromatic rings. The van der Waals surface area contributed by atoms with E-state index in [1.807, 2.05) is 0 Å².